The number of methoxy groups -OCH3 is 2. The zero-order valence-corrected chi connectivity index (χ0v) is 14.4. The fourth-order valence-electron chi connectivity index (χ4n) is 2.20. The van der Waals surface area contributed by atoms with E-state index in [1.165, 1.54) is 57.5 Å². The van der Waals surface area contributed by atoms with Crippen LogP contribution in [0.5, 0.6) is 0 Å². The van der Waals surface area contributed by atoms with Crippen molar-refractivity contribution >= 4 is 29.3 Å². The highest BCUT2D eigenvalue weighted by atomic mass is 19.1. The van der Waals surface area contributed by atoms with E-state index in [2.05, 4.69) is 20.1 Å². The molecule has 0 fully saturated rings. The van der Waals surface area contributed by atoms with Gasteiger partial charge in [-0.25, -0.2) is 18.8 Å². The maximum atomic E-state index is 13.6. The number of benzene rings is 2. The molecule has 2 aromatic carbocycles. The molecule has 0 radical (unpaired) electrons. The predicted molar refractivity (Wildman–Crippen MR) is 92.9 cm³/mol. The molecule has 0 aliphatic carbocycles. The Hall–Kier alpha value is -3.42. The van der Waals surface area contributed by atoms with Gasteiger partial charge in [0.1, 0.15) is 5.82 Å². The maximum absolute atomic E-state index is 13.6. The molecule has 8 heteroatoms. The number of hydrogen-bond acceptors (Lipinski definition) is 5. The van der Waals surface area contributed by atoms with Crippen LogP contribution < -0.4 is 10.6 Å². The van der Waals surface area contributed by atoms with Crippen LogP contribution in [-0.4, -0.2) is 32.2 Å². The summed E-state index contributed by atoms with van der Waals surface area (Å²) in [4.78, 5) is 35.8. The number of hydrogen-bond donors (Lipinski definition) is 2. The highest BCUT2D eigenvalue weighted by molar-refractivity contribution is 6.06. The molecule has 0 atom stereocenters. The Balaban J connectivity index is 2.30. The number of rotatable bonds is 4. The van der Waals surface area contributed by atoms with Gasteiger partial charge in [0, 0.05) is 11.3 Å². The van der Waals surface area contributed by atoms with Crippen molar-refractivity contribution in [2.75, 3.05) is 24.9 Å². The van der Waals surface area contributed by atoms with Crippen LogP contribution in [0, 0.1) is 12.7 Å². The van der Waals surface area contributed by atoms with Crippen LogP contribution in [0.2, 0.25) is 0 Å². The lowest BCUT2D eigenvalue weighted by atomic mass is 10.1. The molecule has 0 aromatic heterocycles. The van der Waals surface area contributed by atoms with Gasteiger partial charge in [-0.15, -0.1) is 0 Å². The van der Waals surface area contributed by atoms with Crippen molar-refractivity contribution < 1.29 is 28.2 Å². The van der Waals surface area contributed by atoms with Gasteiger partial charge in [-0.2, -0.15) is 0 Å². The second kappa shape index (κ2) is 8.11. The van der Waals surface area contributed by atoms with Crippen LogP contribution in [0.3, 0.4) is 0 Å². The average molecular weight is 360 g/mol. The molecule has 0 bridgehead atoms. The number of ether oxygens (including phenoxy) is 2. The first-order valence-corrected chi connectivity index (χ1v) is 7.51. The molecular formula is C18H17FN2O5. The minimum absolute atomic E-state index is 0.0475. The Labute approximate surface area is 149 Å². The van der Waals surface area contributed by atoms with Crippen LogP contribution in [0.1, 0.15) is 26.3 Å². The lowest BCUT2D eigenvalue weighted by Crippen LogP contribution is -2.22. The van der Waals surface area contributed by atoms with Gasteiger partial charge < -0.3 is 20.1 Å². The average Bonchev–Trinajstić information content (AvgIpc) is 2.64. The molecule has 2 rings (SSSR count). The Morgan fingerprint density at radius 2 is 1.58 bits per heavy atom. The van der Waals surface area contributed by atoms with E-state index in [-0.39, 0.29) is 28.1 Å². The first-order chi connectivity index (χ1) is 12.4. The van der Waals surface area contributed by atoms with Crippen molar-refractivity contribution in [3.8, 4) is 0 Å². The number of carbonyl (C=O) groups is 3. The number of urea groups is 1. The minimum atomic E-state index is -0.717. The maximum Gasteiger partial charge on any atom is 0.339 e. The van der Waals surface area contributed by atoms with Crippen LogP contribution in [0.4, 0.5) is 20.6 Å². The molecular weight excluding hydrogens is 343 g/mol. The summed E-state index contributed by atoms with van der Waals surface area (Å²) in [5, 5.41) is 4.95. The summed E-state index contributed by atoms with van der Waals surface area (Å²) >= 11 is 0. The van der Waals surface area contributed by atoms with E-state index < -0.39 is 23.8 Å². The van der Waals surface area contributed by atoms with E-state index in [0.717, 1.165) is 0 Å². The number of carbonyl (C=O) groups excluding carboxylic acids is 3. The van der Waals surface area contributed by atoms with Gasteiger partial charge >= 0.3 is 18.0 Å². The molecule has 136 valence electrons. The predicted octanol–water partition coefficient (Wildman–Crippen LogP) is 3.35. The van der Waals surface area contributed by atoms with Crippen molar-refractivity contribution in [1.29, 1.82) is 0 Å². The molecule has 0 unspecified atom stereocenters. The van der Waals surface area contributed by atoms with Crippen molar-refractivity contribution in [1.82, 2.24) is 0 Å². The molecule has 0 aliphatic rings. The largest absolute Gasteiger partial charge is 0.465 e. The second-order valence-electron chi connectivity index (χ2n) is 5.24. The molecule has 2 aromatic rings. The van der Waals surface area contributed by atoms with Gasteiger partial charge in [-0.1, -0.05) is 6.07 Å². The van der Waals surface area contributed by atoms with E-state index in [0.29, 0.717) is 0 Å². The van der Waals surface area contributed by atoms with E-state index >= 15 is 0 Å². The highest BCUT2D eigenvalue weighted by Gasteiger charge is 2.18. The number of anilines is 2. The fourth-order valence-corrected chi connectivity index (χ4v) is 2.20. The summed E-state index contributed by atoms with van der Waals surface area (Å²) in [6.45, 7) is 1.52. The monoisotopic (exact) mass is 360 g/mol. The van der Waals surface area contributed by atoms with Gasteiger partial charge in [0.2, 0.25) is 0 Å². The number of halogens is 1. The van der Waals surface area contributed by atoms with Crippen molar-refractivity contribution in [3.05, 3.63) is 58.9 Å². The molecule has 0 heterocycles. The van der Waals surface area contributed by atoms with Gasteiger partial charge in [0.15, 0.2) is 0 Å². The van der Waals surface area contributed by atoms with Gasteiger partial charge in [-0.05, 0) is 37.3 Å². The van der Waals surface area contributed by atoms with Gasteiger partial charge in [0.25, 0.3) is 0 Å². The molecule has 0 saturated heterocycles. The molecule has 2 amide bonds. The minimum Gasteiger partial charge on any atom is -0.465 e. The molecule has 0 spiro atoms. The lowest BCUT2D eigenvalue weighted by molar-refractivity contribution is 0.0587. The highest BCUT2D eigenvalue weighted by Crippen LogP contribution is 2.21. The van der Waals surface area contributed by atoms with Gasteiger partial charge in [0.05, 0.1) is 31.0 Å². The third-order valence-electron chi connectivity index (χ3n) is 3.61. The topological polar surface area (TPSA) is 93.7 Å². The summed E-state index contributed by atoms with van der Waals surface area (Å²) < 4.78 is 22.9. The zero-order chi connectivity index (χ0) is 19.3. The summed E-state index contributed by atoms with van der Waals surface area (Å²) in [7, 11) is 2.40. The fraction of sp³-hybridized carbons (Fsp3) is 0.167. The SMILES string of the molecule is COC(=O)c1ccc(C(=O)OC)c(NC(=O)Nc2cccc(F)c2C)c1. The van der Waals surface area contributed by atoms with Gasteiger partial charge in [-0.3, -0.25) is 0 Å². The van der Waals surface area contributed by atoms with Crippen LogP contribution >= 0.6 is 0 Å². The third-order valence-corrected chi connectivity index (χ3v) is 3.61. The quantitative estimate of drug-likeness (QED) is 0.816. The second-order valence-corrected chi connectivity index (χ2v) is 5.24. The normalized spacial score (nSPS) is 10.0. The Bertz CT molecular complexity index is 867. The number of esters is 2. The number of amides is 2. The summed E-state index contributed by atoms with van der Waals surface area (Å²) in [5.41, 5.74) is 0.764. The van der Waals surface area contributed by atoms with E-state index in [1.54, 1.807) is 0 Å². The lowest BCUT2D eigenvalue weighted by Gasteiger charge is -2.13. The zero-order valence-electron chi connectivity index (χ0n) is 14.4. The molecule has 7 nitrogen and oxygen atoms in total. The molecule has 26 heavy (non-hydrogen) atoms. The Morgan fingerprint density at radius 1 is 0.923 bits per heavy atom. The van der Waals surface area contributed by atoms with Crippen LogP contribution in [0.25, 0.3) is 0 Å². The van der Waals surface area contributed by atoms with Crippen molar-refractivity contribution in [3.63, 3.8) is 0 Å². The third kappa shape index (κ3) is 4.15. The van der Waals surface area contributed by atoms with Crippen molar-refractivity contribution in [2.24, 2.45) is 0 Å². The standard InChI is InChI=1S/C18H17FN2O5/c1-10-13(19)5-4-6-14(10)20-18(24)21-15-9-11(16(22)25-2)7-8-12(15)17(23)26-3/h4-9H,1-3H3,(H2,20,21,24). The smallest absolute Gasteiger partial charge is 0.339 e. The first-order valence-electron chi connectivity index (χ1n) is 7.51. The number of nitrogens with one attached hydrogen (secondary N) is 2. The summed E-state index contributed by atoms with van der Waals surface area (Å²) in [5.74, 6) is -1.80. The molecule has 2 N–H and O–H groups in total. The van der Waals surface area contributed by atoms with E-state index in [1.807, 2.05) is 0 Å². The van der Waals surface area contributed by atoms with Crippen molar-refractivity contribution in [2.45, 2.75) is 6.92 Å². The van der Waals surface area contributed by atoms with E-state index in [4.69, 9.17) is 0 Å². The molecule has 0 aliphatic heterocycles. The van der Waals surface area contributed by atoms with E-state index in [9.17, 15) is 18.8 Å². The Morgan fingerprint density at radius 3 is 2.23 bits per heavy atom. The summed E-state index contributed by atoms with van der Waals surface area (Å²) in [6, 6.07) is 7.54. The molecule has 0 saturated carbocycles. The first kappa shape index (κ1) is 18.9. The Kier molecular flexibility index (Phi) is 5.90. The summed E-state index contributed by atoms with van der Waals surface area (Å²) in [6.07, 6.45) is 0. The van der Waals surface area contributed by atoms with Crippen LogP contribution in [0.15, 0.2) is 36.4 Å². The van der Waals surface area contributed by atoms with Crippen LogP contribution in [-0.2, 0) is 9.47 Å².